The number of aliphatic hydroxyl groups excluding tert-OH is 1. The van der Waals surface area contributed by atoms with E-state index in [1.807, 2.05) is 0 Å². The predicted molar refractivity (Wildman–Crippen MR) is 75.9 cm³/mol. The van der Waals surface area contributed by atoms with Gasteiger partial charge in [-0.3, -0.25) is 0 Å². The van der Waals surface area contributed by atoms with Gasteiger partial charge in [-0.05, 0) is 63.3 Å². The number of piperidine rings is 1. The first-order chi connectivity index (χ1) is 8.58. The maximum atomic E-state index is 10.5. The van der Waals surface area contributed by atoms with Gasteiger partial charge in [-0.25, -0.2) is 0 Å². The Balaban J connectivity index is 2.10. The summed E-state index contributed by atoms with van der Waals surface area (Å²) in [5.74, 6) is 0. The van der Waals surface area contributed by atoms with Crippen LogP contribution in [-0.4, -0.2) is 17.7 Å². The Morgan fingerprint density at radius 1 is 1.22 bits per heavy atom. The molecule has 0 aromatic heterocycles. The molecule has 1 saturated heterocycles. The molecular formula is C16H25NO. The highest BCUT2D eigenvalue weighted by atomic mass is 16.3. The Kier molecular flexibility index (Phi) is 4.41. The molecule has 0 bridgehead atoms. The second kappa shape index (κ2) is 5.85. The summed E-state index contributed by atoms with van der Waals surface area (Å²) in [6, 6.07) is 4.81. The number of nitrogens with one attached hydrogen (secondary N) is 1. The molecule has 0 saturated carbocycles. The molecular weight excluding hydrogens is 222 g/mol. The van der Waals surface area contributed by atoms with Crippen molar-refractivity contribution in [1.29, 1.82) is 0 Å². The molecule has 1 aromatic rings. The van der Waals surface area contributed by atoms with Crippen molar-refractivity contribution in [2.45, 2.75) is 58.6 Å². The largest absolute Gasteiger partial charge is 0.388 e. The fourth-order valence-electron chi connectivity index (χ4n) is 3.23. The molecule has 0 spiro atoms. The lowest BCUT2D eigenvalue weighted by molar-refractivity contribution is 0.143. The molecule has 2 N–H and O–H groups in total. The average Bonchev–Trinajstić information content (AvgIpc) is 2.28. The molecule has 18 heavy (non-hydrogen) atoms. The summed E-state index contributed by atoms with van der Waals surface area (Å²) in [5.41, 5.74) is 4.84. The Bertz CT molecular complexity index is 385. The van der Waals surface area contributed by atoms with E-state index in [9.17, 15) is 5.11 Å². The minimum Gasteiger partial charge on any atom is -0.388 e. The van der Waals surface area contributed by atoms with Crippen LogP contribution in [0.3, 0.4) is 0 Å². The van der Waals surface area contributed by atoms with Crippen molar-refractivity contribution in [3.8, 4) is 0 Å². The highest BCUT2D eigenvalue weighted by Gasteiger charge is 2.20. The lowest BCUT2D eigenvalue weighted by Gasteiger charge is -2.27. The van der Waals surface area contributed by atoms with Crippen molar-refractivity contribution < 1.29 is 5.11 Å². The highest BCUT2D eigenvalue weighted by molar-refractivity contribution is 5.39. The van der Waals surface area contributed by atoms with Crippen LogP contribution < -0.4 is 5.32 Å². The summed E-state index contributed by atoms with van der Waals surface area (Å²) >= 11 is 0. The standard InChI is InChI=1S/C16H25NO/c1-11-8-12(2)16(13(3)9-11)15(18)10-14-6-4-5-7-17-14/h8-9,14-15,17-18H,4-7,10H2,1-3H3. The summed E-state index contributed by atoms with van der Waals surface area (Å²) in [6.07, 6.45) is 4.26. The molecule has 2 unspecified atom stereocenters. The maximum Gasteiger partial charge on any atom is 0.0810 e. The van der Waals surface area contributed by atoms with Crippen LogP contribution >= 0.6 is 0 Å². The SMILES string of the molecule is Cc1cc(C)c(C(O)CC2CCCCN2)c(C)c1. The van der Waals surface area contributed by atoms with Gasteiger partial charge >= 0.3 is 0 Å². The first-order valence-corrected chi connectivity index (χ1v) is 7.07. The van der Waals surface area contributed by atoms with E-state index < -0.39 is 0 Å². The number of aliphatic hydroxyl groups is 1. The Morgan fingerprint density at radius 2 is 1.89 bits per heavy atom. The Hall–Kier alpha value is -0.860. The summed E-state index contributed by atoms with van der Waals surface area (Å²) < 4.78 is 0. The van der Waals surface area contributed by atoms with E-state index in [-0.39, 0.29) is 6.10 Å². The van der Waals surface area contributed by atoms with Gasteiger partial charge in [0, 0.05) is 6.04 Å². The summed E-state index contributed by atoms with van der Waals surface area (Å²) in [6.45, 7) is 7.42. The zero-order valence-electron chi connectivity index (χ0n) is 11.8. The van der Waals surface area contributed by atoms with Gasteiger partial charge in [0.1, 0.15) is 0 Å². The lowest BCUT2D eigenvalue weighted by atomic mass is 9.90. The molecule has 100 valence electrons. The van der Waals surface area contributed by atoms with E-state index in [2.05, 4.69) is 38.2 Å². The fourth-order valence-corrected chi connectivity index (χ4v) is 3.23. The number of rotatable bonds is 3. The summed E-state index contributed by atoms with van der Waals surface area (Å²) in [7, 11) is 0. The molecule has 2 nitrogen and oxygen atoms in total. The zero-order valence-corrected chi connectivity index (χ0v) is 11.8. The third-order valence-electron chi connectivity index (χ3n) is 3.99. The van der Waals surface area contributed by atoms with Gasteiger partial charge in [0.25, 0.3) is 0 Å². The van der Waals surface area contributed by atoms with Gasteiger partial charge in [-0.1, -0.05) is 24.1 Å². The fraction of sp³-hybridized carbons (Fsp3) is 0.625. The van der Waals surface area contributed by atoms with Crippen LogP contribution in [0.1, 0.15) is 54.0 Å². The van der Waals surface area contributed by atoms with Crippen LogP contribution in [0.25, 0.3) is 0 Å². The van der Waals surface area contributed by atoms with Crippen molar-refractivity contribution >= 4 is 0 Å². The number of aryl methyl sites for hydroxylation is 3. The smallest absolute Gasteiger partial charge is 0.0810 e. The Morgan fingerprint density at radius 3 is 2.44 bits per heavy atom. The molecule has 1 aromatic carbocycles. The van der Waals surface area contributed by atoms with Gasteiger partial charge in [0.2, 0.25) is 0 Å². The van der Waals surface area contributed by atoms with E-state index in [0.717, 1.165) is 18.5 Å². The zero-order chi connectivity index (χ0) is 13.1. The molecule has 1 aliphatic heterocycles. The average molecular weight is 247 g/mol. The quantitative estimate of drug-likeness (QED) is 0.860. The maximum absolute atomic E-state index is 10.5. The van der Waals surface area contributed by atoms with Crippen molar-refractivity contribution in [1.82, 2.24) is 5.32 Å². The molecule has 0 radical (unpaired) electrons. The summed E-state index contributed by atoms with van der Waals surface area (Å²) in [5, 5.41) is 14.0. The van der Waals surface area contributed by atoms with Gasteiger partial charge in [0.05, 0.1) is 6.10 Å². The van der Waals surface area contributed by atoms with Crippen molar-refractivity contribution in [3.05, 3.63) is 34.4 Å². The van der Waals surface area contributed by atoms with Gasteiger partial charge in [-0.15, -0.1) is 0 Å². The topological polar surface area (TPSA) is 32.3 Å². The second-order valence-electron chi connectivity index (χ2n) is 5.71. The minimum atomic E-state index is -0.332. The molecule has 1 aliphatic rings. The normalized spacial score (nSPS) is 21.9. The van der Waals surface area contributed by atoms with Crippen LogP contribution in [-0.2, 0) is 0 Å². The molecule has 1 fully saturated rings. The van der Waals surface area contributed by atoms with Crippen molar-refractivity contribution in [3.63, 3.8) is 0 Å². The van der Waals surface area contributed by atoms with Gasteiger partial charge < -0.3 is 10.4 Å². The molecule has 2 atom stereocenters. The molecule has 0 aliphatic carbocycles. The molecule has 2 rings (SSSR count). The van der Waals surface area contributed by atoms with E-state index in [1.54, 1.807) is 0 Å². The third kappa shape index (κ3) is 3.12. The number of hydrogen-bond donors (Lipinski definition) is 2. The molecule has 2 heteroatoms. The Labute approximate surface area is 110 Å². The van der Waals surface area contributed by atoms with Crippen LogP contribution in [0.15, 0.2) is 12.1 Å². The first kappa shape index (κ1) is 13.6. The van der Waals surface area contributed by atoms with Gasteiger partial charge in [0.15, 0.2) is 0 Å². The van der Waals surface area contributed by atoms with Gasteiger partial charge in [-0.2, -0.15) is 0 Å². The molecule has 1 heterocycles. The van der Waals surface area contributed by atoms with E-state index >= 15 is 0 Å². The van der Waals surface area contributed by atoms with Crippen molar-refractivity contribution in [2.75, 3.05) is 6.54 Å². The molecule has 0 amide bonds. The lowest BCUT2D eigenvalue weighted by Crippen LogP contribution is -2.35. The second-order valence-corrected chi connectivity index (χ2v) is 5.71. The van der Waals surface area contributed by atoms with E-state index in [1.165, 1.54) is 36.0 Å². The monoisotopic (exact) mass is 247 g/mol. The number of hydrogen-bond acceptors (Lipinski definition) is 2. The number of benzene rings is 1. The van der Waals surface area contributed by atoms with E-state index in [4.69, 9.17) is 0 Å². The van der Waals surface area contributed by atoms with Crippen molar-refractivity contribution in [2.24, 2.45) is 0 Å². The third-order valence-corrected chi connectivity index (χ3v) is 3.99. The minimum absolute atomic E-state index is 0.332. The first-order valence-electron chi connectivity index (χ1n) is 7.07. The highest BCUT2D eigenvalue weighted by Crippen LogP contribution is 2.28. The van der Waals surface area contributed by atoms with Crippen LogP contribution in [0.4, 0.5) is 0 Å². The van der Waals surface area contributed by atoms with Crippen LogP contribution in [0.2, 0.25) is 0 Å². The summed E-state index contributed by atoms with van der Waals surface area (Å²) in [4.78, 5) is 0. The van der Waals surface area contributed by atoms with E-state index in [0.29, 0.717) is 6.04 Å². The predicted octanol–water partition coefficient (Wildman–Crippen LogP) is 3.18. The van der Waals surface area contributed by atoms with Crippen LogP contribution in [0, 0.1) is 20.8 Å². The van der Waals surface area contributed by atoms with Crippen LogP contribution in [0.5, 0.6) is 0 Å².